The minimum atomic E-state index is 0.698. The van der Waals surface area contributed by atoms with E-state index in [1.807, 2.05) is 24.3 Å². The number of fused-ring (bicyclic) bond motifs is 1. The van der Waals surface area contributed by atoms with Gasteiger partial charge in [0.1, 0.15) is 0 Å². The zero-order valence-corrected chi connectivity index (χ0v) is 5.41. The molecule has 0 saturated heterocycles. The molecule has 10 heavy (non-hydrogen) atoms. The molecule has 0 N–H and O–H groups in total. The maximum absolute atomic E-state index is 3.83. The molecule has 0 unspecified atom stereocenters. The van der Waals surface area contributed by atoms with Gasteiger partial charge < -0.3 is 0 Å². The van der Waals surface area contributed by atoms with Crippen LogP contribution in [0.4, 0.5) is 0 Å². The fourth-order valence-corrected chi connectivity index (χ4v) is 0.968. The SMILES string of the molecule is [C]1N=NCc2ccccc21. The van der Waals surface area contributed by atoms with Crippen molar-refractivity contribution in [2.45, 2.75) is 6.54 Å². The summed E-state index contributed by atoms with van der Waals surface area (Å²) in [6.45, 7) is 3.52. The maximum Gasteiger partial charge on any atom is 0.175 e. The Balaban J connectivity index is 2.47. The standard InChI is InChI=1S/C8H6N2/c1-2-4-8-6-10-9-5-7(8)3-1/h1-4H,5H2. The van der Waals surface area contributed by atoms with Crippen molar-refractivity contribution >= 4 is 0 Å². The first-order valence-corrected chi connectivity index (χ1v) is 3.17. The highest BCUT2D eigenvalue weighted by atomic mass is 15.1. The number of azo groups is 1. The predicted octanol–water partition coefficient (Wildman–Crippen LogP) is 2.04. The van der Waals surface area contributed by atoms with Crippen molar-refractivity contribution in [3.63, 3.8) is 0 Å². The number of benzene rings is 1. The number of hydrogen-bond donors (Lipinski definition) is 0. The molecule has 2 rings (SSSR count). The molecule has 1 aromatic rings. The molecule has 0 bridgehead atoms. The van der Waals surface area contributed by atoms with Gasteiger partial charge in [0.25, 0.3) is 0 Å². The molecular formula is C8H6N2. The van der Waals surface area contributed by atoms with Crippen LogP contribution in [0, 0.1) is 6.54 Å². The molecule has 2 nitrogen and oxygen atoms in total. The Labute approximate surface area is 59.6 Å². The van der Waals surface area contributed by atoms with E-state index in [0.29, 0.717) is 6.54 Å². The highest BCUT2D eigenvalue weighted by Crippen LogP contribution is 2.16. The van der Waals surface area contributed by atoms with E-state index < -0.39 is 0 Å². The van der Waals surface area contributed by atoms with E-state index in [2.05, 4.69) is 16.8 Å². The summed E-state index contributed by atoms with van der Waals surface area (Å²) in [4.78, 5) is 0. The molecule has 48 valence electrons. The third-order valence-electron chi connectivity index (χ3n) is 1.50. The molecule has 2 heteroatoms. The summed E-state index contributed by atoms with van der Waals surface area (Å²) in [6.07, 6.45) is 0. The van der Waals surface area contributed by atoms with Crippen molar-refractivity contribution in [1.29, 1.82) is 0 Å². The Morgan fingerprint density at radius 1 is 1.30 bits per heavy atom. The molecule has 0 spiro atoms. The maximum atomic E-state index is 3.83. The van der Waals surface area contributed by atoms with Crippen LogP contribution in [0.5, 0.6) is 0 Å². The molecule has 0 aromatic heterocycles. The third-order valence-corrected chi connectivity index (χ3v) is 1.50. The monoisotopic (exact) mass is 130 g/mol. The minimum Gasteiger partial charge on any atom is -0.188 e. The van der Waals surface area contributed by atoms with Gasteiger partial charge in [-0.25, -0.2) is 0 Å². The zero-order valence-electron chi connectivity index (χ0n) is 5.41. The molecule has 2 radical (unpaired) electrons. The molecule has 0 amide bonds. The Hall–Kier alpha value is -1.18. The summed E-state index contributed by atoms with van der Waals surface area (Å²) in [7, 11) is 0. The first-order valence-electron chi connectivity index (χ1n) is 3.17. The van der Waals surface area contributed by atoms with Gasteiger partial charge in [-0.3, -0.25) is 0 Å². The van der Waals surface area contributed by atoms with Gasteiger partial charge in [-0.15, -0.1) is 0 Å². The van der Waals surface area contributed by atoms with Crippen LogP contribution in [-0.2, 0) is 6.54 Å². The highest BCUT2D eigenvalue weighted by molar-refractivity contribution is 5.33. The fourth-order valence-electron chi connectivity index (χ4n) is 0.968. The largest absolute Gasteiger partial charge is 0.188 e. The third kappa shape index (κ3) is 0.817. The second-order valence-corrected chi connectivity index (χ2v) is 2.17. The van der Waals surface area contributed by atoms with E-state index in [4.69, 9.17) is 0 Å². The van der Waals surface area contributed by atoms with Crippen molar-refractivity contribution in [1.82, 2.24) is 0 Å². The van der Waals surface area contributed by atoms with Crippen LogP contribution in [0.25, 0.3) is 0 Å². The van der Waals surface area contributed by atoms with Crippen LogP contribution >= 0.6 is 0 Å². The van der Waals surface area contributed by atoms with E-state index in [-0.39, 0.29) is 0 Å². The van der Waals surface area contributed by atoms with E-state index >= 15 is 0 Å². The van der Waals surface area contributed by atoms with Crippen molar-refractivity contribution in [2.24, 2.45) is 10.2 Å². The lowest BCUT2D eigenvalue weighted by atomic mass is 10.1. The average Bonchev–Trinajstić information content (AvgIpc) is 2.05. The van der Waals surface area contributed by atoms with Crippen LogP contribution in [0.3, 0.4) is 0 Å². The summed E-state index contributed by atoms with van der Waals surface area (Å²) in [5.41, 5.74) is 2.27. The number of hydrogen-bond acceptors (Lipinski definition) is 2. The summed E-state index contributed by atoms with van der Waals surface area (Å²) in [5.74, 6) is 0. The van der Waals surface area contributed by atoms with Gasteiger partial charge in [0, 0.05) is 0 Å². The van der Waals surface area contributed by atoms with Gasteiger partial charge in [0.15, 0.2) is 6.54 Å². The molecule has 1 aliphatic heterocycles. The predicted molar refractivity (Wildman–Crippen MR) is 37.3 cm³/mol. The molecule has 0 aliphatic carbocycles. The van der Waals surface area contributed by atoms with Crippen LogP contribution in [0.1, 0.15) is 11.1 Å². The van der Waals surface area contributed by atoms with E-state index in [1.54, 1.807) is 0 Å². The van der Waals surface area contributed by atoms with E-state index in [1.165, 1.54) is 5.56 Å². The van der Waals surface area contributed by atoms with Gasteiger partial charge >= 0.3 is 0 Å². The van der Waals surface area contributed by atoms with E-state index in [9.17, 15) is 0 Å². The lowest BCUT2D eigenvalue weighted by Gasteiger charge is -2.05. The zero-order chi connectivity index (χ0) is 6.81. The second kappa shape index (κ2) is 2.21. The summed E-state index contributed by atoms with van der Waals surface area (Å²) in [6, 6.07) is 8.02. The average molecular weight is 130 g/mol. The first kappa shape index (κ1) is 5.59. The van der Waals surface area contributed by atoms with Crippen LogP contribution in [0.15, 0.2) is 34.5 Å². The van der Waals surface area contributed by atoms with Crippen LogP contribution < -0.4 is 0 Å². The molecule has 1 aromatic carbocycles. The minimum absolute atomic E-state index is 0.698. The first-order chi connectivity index (χ1) is 4.97. The molecular weight excluding hydrogens is 124 g/mol. The summed E-state index contributed by atoms with van der Waals surface area (Å²) < 4.78 is 0. The van der Waals surface area contributed by atoms with Crippen molar-refractivity contribution < 1.29 is 0 Å². The van der Waals surface area contributed by atoms with Gasteiger partial charge in [-0.2, -0.15) is 10.2 Å². The molecule has 1 aliphatic rings. The summed E-state index contributed by atoms with van der Waals surface area (Å²) >= 11 is 0. The Kier molecular flexibility index (Phi) is 1.24. The molecule has 1 heterocycles. The van der Waals surface area contributed by atoms with Gasteiger partial charge in [-0.1, -0.05) is 24.3 Å². The lowest BCUT2D eigenvalue weighted by molar-refractivity contribution is 0.884. The lowest BCUT2D eigenvalue weighted by Crippen LogP contribution is -1.92. The smallest absolute Gasteiger partial charge is 0.175 e. The quantitative estimate of drug-likeness (QED) is 0.513. The topological polar surface area (TPSA) is 24.7 Å². The summed E-state index contributed by atoms with van der Waals surface area (Å²) in [5, 5.41) is 7.53. The van der Waals surface area contributed by atoms with Gasteiger partial charge in [-0.05, 0) is 11.1 Å². The highest BCUT2D eigenvalue weighted by Gasteiger charge is 2.04. The number of nitrogens with zero attached hydrogens (tertiary/aromatic N) is 2. The molecule has 0 atom stereocenters. The van der Waals surface area contributed by atoms with E-state index in [0.717, 1.165) is 5.56 Å². The molecule has 0 fully saturated rings. The van der Waals surface area contributed by atoms with Crippen molar-refractivity contribution in [2.75, 3.05) is 0 Å². The number of rotatable bonds is 0. The van der Waals surface area contributed by atoms with Crippen molar-refractivity contribution in [3.8, 4) is 0 Å². The Bertz CT molecular complexity index is 239. The van der Waals surface area contributed by atoms with Crippen LogP contribution in [0.2, 0.25) is 0 Å². The van der Waals surface area contributed by atoms with Crippen LogP contribution in [-0.4, -0.2) is 0 Å². The van der Waals surface area contributed by atoms with Crippen molar-refractivity contribution in [3.05, 3.63) is 41.9 Å². The Morgan fingerprint density at radius 2 is 2.20 bits per heavy atom. The molecule has 0 saturated carbocycles. The normalized spacial score (nSPS) is 14.8. The van der Waals surface area contributed by atoms with Gasteiger partial charge in [0.05, 0.1) is 6.54 Å². The second-order valence-electron chi connectivity index (χ2n) is 2.17. The fraction of sp³-hybridized carbons (Fsp3) is 0.125. The Morgan fingerprint density at radius 3 is 3.10 bits per heavy atom. The van der Waals surface area contributed by atoms with Gasteiger partial charge in [0.2, 0.25) is 0 Å².